The summed E-state index contributed by atoms with van der Waals surface area (Å²) in [5.74, 6) is 0. The molecular formula is C108H82ClN8-. The zero-order valence-electron chi connectivity index (χ0n) is 65.2. The minimum atomic E-state index is 0. The highest BCUT2D eigenvalue weighted by atomic mass is 35.5. The number of anilines is 15. The molecule has 3 N–H and O–H groups in total. The Morgan fingerprint density at radius 3 is 0.829 bits per heavy atom. The van der Waals surface area contributed by atoms with Crippen LogP contribution < -0.4 is 30.7 Å². The Kier molecular flexibility index (Phi) is 21.2. The van der Waals surface area contributed by atoms with E-state index in [1.165, 1.54) is 49.3 Å². The first-order valence-corrected chi connectivity index (χ1v) is 39.7. The molecule has 20 aromatic rings. The Morgan fingerprint density at radius 2 is 0.487 bits per heavy atom. The van der Waals surface area contributed by atoms with Crippen LogP contribution in [0.1, 0.15) is 1.43 Å². The molecule has 562 valence electrons. The lowest BCUT2D eigenvalue weighted by atomic mass is 10.0. The number of nitrogens with one attached hydrogen (secondary N) is 1. The summed E-state index contributed by atoms with van der Waals surface area (Å²) in [5, 5.41) is 9.55. The Balaban J connectivity index is 0.000000140. The van der Waals surface area contributed by atoms with Crippen molar-refractivity contribution in [2.45, 2.75) is 0 Å². The van der Waals surface area contributed by atoms with Crippen LogP contribution in [0.2, 0.25) is 5.02 Å². The lowest BCUT2D eigenvalue weighted by molar-refractivity contribution is 1.18. The lowest BCUT2D eigenvalue weighted by Gasteiger charge is -2.30. The van der Waals surface area contributed by atoms with Crippen molar-refractivity contribution in [3.63, 3.8) is 0 Å². The molecule has 2 aromatic heterocycles. The van der Waals surface area contributed by atoms with Gasteiger partial charge in [-0.3, -0.25) is 0 Å². The number of nitrogen functional groups attached to an aromatic ring is 1. The Bertz CT molecular complexity index is 6380. The number of benzene rings is 18. The van der Waals surface area contributed by atoms with E-state index in [1.54, 1.807) is 0 Å². The Hall–Kier alpha value is -15.4. The van der Waals surface area contributed by atoms with Gasteiger partial charge in [-0.25, -0.2) is 0 Å². The molecule has 8 nitrogen and oxygen atoms in total. The van der Waals surface area contributed by atoms with Crippen molar-refractivity contribution in [3.05, 3.63) is 478 Å². The first-order valence-electron chi connectivity index (χ1n) is 39.4. The van der Waals surface area contributed by atoms with E-state index in [0.29, 0.717) is 5.02 Å². The largest absolute Gasteiger partial charge is 1.00 e. The molecule has 0 atom stereocenters. The monoisotopic (exact) mass is 1530 g/mol. The van der Waals surface area contributed by atoms with Crippen LogP contribution in [0.25, 0.3) is 77.2 Å². The minimum Gasteiger partial charge on any atom is -1.00 e. The van der Waals surface area contributed by atoms with E-state index in [1.807, 2.05) is 60.7 Å². The number of para-hydroxylation sites is 14. The second kappa shape index (κ2) is 33.9. The van der Waals surface area contributed by atoms with Crippen molar-refractivity contribution in [2.75, 3.05) is 30.7 Å². The van der Waals surface area contributed by atoms with E-state index in [-0.39, 0.29) is 1.43 Å². The summed E-state index contributed by atoms with van der Waals surface area (Å²) < 4.78 is 4.69. The Morgan fingerprint density at radius 1 is 0.222 bits per heavy atom. The van der Waals surface area contributed by atoms with Gasteiger partial charge >= 0.3 is 0 Å². The Labute approximate surface area is 689 Å². The molecule has 0 unspecified atom stereocenters. The predicted molar refractivity (Wildman–Crippen MR) is 498 cm³/mol. The maximum Gasteiger partial charge on any atom is 0.0541 e. The molecule has 0 saturated carbocycles. The maximum atomic E-state index is 6.73. The third-order valence-corrected chi connectivity index (χ3v) is 21.3. The van der Waals surface area contributed by atoms with E-state index in [9.17, 15) is 0 Å². The first kappa shape index (κ1) is 73.1. The highest BCUT2D eigenvalue weighted by Gasteiger charge is 2.23. The normalized spacial score (nSPS) is 11.0. The van der Waals surface area contributed by atoms with Gasteiger partial charge in [0.1, 0.15) is 0 Å². The molecule has 20 rings (SSSR count). The summed E-state index contributed by atoms with van der Waals surface area (Å²) in [6.07, 6.45) is 0. The van der Waals surface area contributed by atoms with Crippen LogP contribution in [0.15, 0.2) is 473 Å². The predicted octanol–water partition coefficient (Wildman–Crippen LogP) is 30.6. The van der Waals surface area contributed by atoms with Crippen molar-refractivity contribution in [2.24, 2.45) is 0 Å². The summed E-state index contributed by atoms with van der Waals surface area (Å²) in [6, 6.07) is 165. The molecule has 0 aliphatic heterocycles. The van der Waals surface area contributed by atoms with Gasteiger partial charge in [-0.1, -0.05) is 279 Å². The van der Waals surface area contributed by atoms with Crippen molar-refractivity contribution < 1.29 is 1.43 Å². The molecule has 0 fully saturated rings. The fourth-order valence-electron chi connectivity index (χ4n) is 15.9. The fourth-order valence-corrected chi connectivity index (χ4v) is 16.1. The maximum absolute atomic E-state index is 6.73. The van der Waals surface area contributed by atoms with Gasteiger partial charge in [0.25, 0.3) is 0 Å². The van der Waals surface area contributed by atoms with Gasteiger partial charge in [0, 0.05) is 123 Å². The van der Waals surface area contributed by atoms with Gasteiger partial charge in [-0.15, -0.1) is 0 Å². The van der Waals surface area contributed by atoms with E-state index in [2.05, 4.69) is 447 Å². The van der Waals surface area contributed by atoms with Crippen molar-refractivity contribution >= 4 is 141 Å². The van der Waals surface area contributed by atoms with Crippen LogP contribution >= 0.6 is 11.6 Å². The molecule has 117 heavy (non-hydrogen) atoms. The molecule has 0 spiro atoms. The summed E-state index contributed by atoms with van der Waals surface area (Å²) in [7, 11) is 0. The second-order valence-corrected chi connectivity index (χ2v) is 29.0. The lowest BCUT2D eigenvalue weighted by Crippen LogP contribution is -2.13. The second-order valence-electron chi connectivity index (χ2n) is 28.5. The molecule has 0 amide bonds. The fraction of sp³-hybridized carbons (Fsp3) is 0. The molecule has 0 radical (unpaired) electrons. The zero-order chi connectivity index (χ0) is 78.6. The van der Waals surface area contributed by atoms with E-state index in [0.717, 1.165) is 113 Å². The van der Waals surface area contributed by atoms with Gasteiger partial charge < -0.3 is 41.2 Å². The number of fused-ring (bicyclic) bond motifs is 6. The van der Waals surface area contributed by atoms with Crippen LogP contribution in [0.5, 0.6) is 0 Å². The smallest absolute Gasteiger partial charge is 0.0541 e. The summed E-state index contributed by atoms with van der Waals surface area (Å²) in [5.41, 5.74) is 33.2. The molecule has 0 saturated heterocycles. The van der Waals surface area contributed by atoms with Gasteiger partial charge in [0.15, 0.2) is 0 Å². The van der Waals surface area contributed by atoms with Crippen LogP contribution in [0.3, 0.4) is 0 Å². The quantitative estimate of drug-likeness (QED) is 0.0835. The molecule has 0 aliphatic carbocycles. The number of halogens is 1. The van der Waals surface area contributed by atoms with Gasteiger partial charge in [-0.2, -0.15) is 0 Å². The molecule has 9 heteroatoms. The van der Waals surface area contributed by atoms with Gasteiger partial charge in [0.05, 0.1) is 33.4 Å². The number of hydrogen-bond donors (Lipinski definition) is 2. The van der Waals surface area contributed by atoms with Crippen LogP contribution in [-0.2, 0) is 0 Å². The van der Waals surface area contributed by atoms with E-state index < -0.39 is 0 Å². The average Bonchev–Trinajstić information content (AvgIpc) is 1.45. The number of nitrogens with two attached hydrogens (primary N) is 1. The molecule has 0 aliphatic rings. The number of rotatable bonds is 18. The van der Waals surface area contributed by atoms with Crippen molar-refractivity contribution in [1.82, 2.24) is 9.13 Å². The van der Waals surface area contributed by atoms with Crippen LogP contribution in [-0.4, -0.2) is 9.13 Å². The van der Waals surface area contributed by atoms with Crippen molar-refractivity contribution in [1.29, 1.82) is 0 Å². The SMILES string of the molecule is Clc1cc(N(c2ccccc2)c2ccccc2)cc(N(c2ccccc2)c2ccccc2)c1.Nc1ccccc1-c1ccc2c(c1)c1ccccc1n2-c1ccccc1.[2H-].c1ccc(N(c2ccccc2)c2cc(Nc3ccccc3-c3ccc4c(c3)c3ccccc3n4-c3ccccc3)cc(N(c3ccccc3)c3ccccc3)c2)cc1. The van der Waals surface area contributed by atoms with E-state index >= 15 is 0 Å². The summed E-state index contributed by atoms with van der Waals surface area (Å²) in [6.45, 7) is 0. The third-order valence-electron chi connectivity index (χ3n) is 21.1. The highest BCUT2D eigenvalue weighted by molar-refractivity contribution is 6.31. The van der Waals surface area contributed by atoms with Crippen molar-refractivity contribution in [3.8, 4) is 33.6 Å². The summed E-state index contributed by atoms with van der Waals surface area (Å²) in [4.78, 5) is 9.10. The number of aromatic nitrogens is 2. The standard InChI is InChI=1S/C54H40N4.C30H23ClN2.C24H18N2.H/c1-6-20-42(21-7-1)56(43-22-8-2-9-23-43)47-37-41(38-48(39-47)57(44-24-10-3-11-25-44)45-26-12-4-13-27-45)55-52-32-18-16-30-49(52)40-34-35-54-51(36-40)50-31-17-19-33-53(50)58(54)46-28-14-5-15-29-46;31-24-21-29(32(25-13-5-1-6-14-25)26-15-7-2-8-16-26)23-30(22-24)33(27-17-9-3-10-18-27)28-19-11-4-12-20-28;25-22-12-6-4-10-19(22)17-14-15-24-21(16-17)20-11-5-7-13-23(20)26(24)18-8-2-1-3-9-18;/h1-39,55H;1-23H;1-16H,25H2;/q;;;-1/i;;;1+1. The molecule has 18 aromatic carbocycles. The topological polar surface area (TPSA) is 60.9 Å². The first-order chi connectivity index (χ1) is 57.9. The van der Waals surface area contributed by atoms with E-state index in [4.69, 9.17) is 17.3 Å². The van der Waals surface area contributed by atoms with Gasteiger partial charge in [0.2, 0.25) is 0 Å². The third kappa shape index (κ3) is 15.6. The van der Waals surface area contributed by atoms with Crippen LogP contribution in [0, 0.1) is 0 Å². The highest BCUT2D eigenvalue weighted by Crippen LogP contribution is 2.47. The van der Waals surface area contributed by atoms with Crippen LogP contribution in [0.4, 0.5) is 85.3 Å². The molecule has 2 heterocycles. The average molecular weight is 1530 g/mol. The number of nitrogens with zero attached hydrogens (tertiary/aromatic N) is 6. The zero-order valence-corrected chi connectivity index (χ0v) is 64.9. The minimum absolute atomic E-state index is 0. The van der Waals surface area contributed by atoms with Gasteiger partial charge in [-0.05, 0) is 217 Å². The summed E-state index contributed by atoms with van der Waals surface area (Å²) >= 11 is 6.73. The molecular weight excluding hydrogens is 1440 g/mol. The molecule has 0 bridgehead atoms. The number of hydrogen-bond acceptors (Lipinski definition) is 6.